The summed E-state index contributed by atoms with van der Waals surface area (Å²) in [5, 5.41) is 0. The summed E-state index contributed by atoms with van der Waals surface area (Å²) in [4.78, 5) is 0. The van der Waals surface area contributed by atoms with Crippen molar-refractivity contribution in [1.82, 2.24) is 0 Å². The van der Waals surface area contributed by atoms with Gasteiger partial charge in [-0.25, -0.2) is 0 Å². The van der Waals surface area contributed by atoms with Gasteiger partial charge < -0.3 is 18.3 Å². The maximum atomic E-state index is 6.98. The van der Waals surface area contributed by atoms with Crippen LogP contribution in [0.5, 0.6) is 23.0 Å². The number of halogens is 1. The lowest BCUT2D eigenvalue weighted by Crippen LogP contribution is -2.51. The molecule has 0 aliphatic carbocycles. The molecule has 7 heteroatoms. The van der Waals surface area contributed by atoms with Gasteiger partial charge in [0, 0.05) is 22.0 Å². The number of rotatable bonds is 10. The SMILES string of the molecule is CC(C)[Si](Oc1ccc(Br)c2c1C(C)(C)CO2)(C(C)C)C(C)C.Cc1ccc(O[Si](C(C)C)(C(C)C)C(C)C)c2c1OCC2(C)C. The molecule has 0 bridgehead atoms. The topological polar surface area (TPSA) is 36.9 Å². The van der Waals surface area contributed by atoms with Gasteiger partial charge in [0.25, 0.3) is 16.6 Å². The second kappa shape index (κ2) is 14.2. The smallest absolute Gasteiger partial charge is 0.258 e. The summed E-state index contributed by atoms with van der Waals surface area (Å²) >= 11 is 3.63. The zero-order valence-electron chi connectivity index (χ0n) is 32.2. The summed E-state index contributed by atoms with van der Waals surface area (Å²) in [7, 11) is -3.91. The second-order valence-corrected chi connectivity index (χ2v) is 28.6. The minimum atomic E-state index is -1.96. The van der Waals surface area contributed by atoms with Crippen molar-refractivity contribution in [3.63, 3.8) is 0 Å². The van der Waals surface area contributed by atoms with Gasteiger partial charge >= 0.3 is 0 Å². The fourth-order valence-electron chi connectivity index (χ4n) is 8.72. The van der Waals surface area contributed by atoms with Crippen LogP contribution in [-0.2, 0) is 10.8 Å². The van der Waals surface area contributed by atoms with E-state index in [1.807, 2.05) is 0 Å². The number of hydrogen-bond donors (Lipinski definition) is 0. The lowest BCUT2D eigenvalue weighted by Gasteiger charge is -2.43. The minimum Gasteiger partial charge on any atom is -0.542 e. The third-order valence-corrected chi connectivity index (χ3v) is 23.5. The van der Waals surface area contributed by atoms with E-state index < -0.39 is 16.6 Å². The molecule has 0 radical (unpaired) electrons. The molecule has 0 fully saturated rings. The van der Waals surface area contributed by atoms with Crippen LogP contribution in [0.4, 0.5) is 0 Å². The molecule has 0 unspecified atom stereocenters. The third-order valence-electron chi connectivity index (χ3n) is 10.9. The zero-order valence-corrected chi connectivity index (χ0v) is 35.8. The molecule has 260 valence electrons. The van der Waals surface area contributed by atoms with Gasteiger partial charge in [-0.2, -0.15) is 0 Å². The second-order valence-electron chi connectivity index (χ2n) is 17.0. The Morgan fingerprint density at radius 1 is 0.565 bits per heavy atom. The first kappa shape index (κ1) is 39.0. The number of fused-ring (bicyclic) bond motifs is 2. The molecule has 2 heterocycles. The molecule has 0 spiro atoms. The van der Waals surface area contributed by atoms with Crippen LogP contribution in [-0.4, -0.2) is 29.8 Å². The van der Waals surface area contributed by atoms with Crippen LogP contribution in [0, 0.1) is 6.92 Å². The van der Waals surface area contributed by atoms with Gasteiger partial charge in [-0.1, -0.05) is 117 Å². The van der Waals surface area contributed by atoms with Crippen molar-refractivity contribution in [3.8, 4) is 23.0 Å². The van der Waals surface area contributed by atoms with E-state index in [1.165, 1.54) is 16.7 Å². The van der Waals surface area contributed by atoms with Crippen molar-refractivity contribution in [2.75, 3.05) is 13.2 Å². The molecule has 0 N–H and O–H groups in total. The monoisotopic (exact) mass is 732 g/mol. The van der Waals surface area contributed by atoms with Crippen LogP contribution >= 0.6 is 15.9 Å². The molecule has 0 atom stereocenters. The van der Waals surface area contributed by atoms with Crippen LogP contribution in [0.25, 0.3) is 0 Å². The van der Waals surface area contributed by atoms with Crippen LogP contribution in [0.3, 0.4) is 0 Å². The van der Waals surface area contributed by atoms with Crippen molar-refractivity contribution in [2.24, 2.45) is 0 Å². The largest absolute Gasteiger partial charge is 0.542 e. The Morgan fingerprint density at radius 2 is 0.891 bits per heavy atom. The Hall–Kier alpha value is -1.45. The molecule has 46 heavy (non-hydrogen) atoms. The van der Waals surface area contributed by atoms with E-state index >= 15 is 0 Å². The fraction of sp³-hybridized carbons (Fsp3) is 0.692. The van der Waals surface area contributed by atoms with E-state index in [0.717, 1.165) is 34.1 Å². The summed E-state index contributed by atoms with van der Waals surface area (Å²) in [6.45, 7) is 40.5. The molecule has 2 aromatic rings. The van der Waals surface area contributed by atoms with Crippen LogP contribution < -0.4 is 18.3 Å². The van der Waals surface area contributed by atoms with Crippen molar-refractivity contribution in [2.45, 2.75) is 162 Å². The number of ether oxygens (including phenoxy) is 2. The molecule has 4 nitrogen and oxygen atoms in total. The first-order valence-electron chi connectivity index (χ1n) is 17.7. The molecule has 2 aromatic carbocycles. The highest BCUT2D eigenvalue weighted by molar-refractivity contribution is 9.10. The predicted molar refractivity (Wildman–Crippen MR) is 206 cm³/mol. The first-order chi connectivity index (χ1) is 21.1. The van der Waals surface area contributed by atoms with E-state index in [4.69, 9.17) is 18.3 Å². The summed E-state index contributed by atoms with van der Waals surface area (Å²) < 4.78 is 26.9. The number of hydrogen-bond acceptors (Lipinski definition) is 4. The molecule has 4 rings (SSSR count). The van der Waals surface area contributed by atoms with Crippen LogP contribution in [0.15, 0.2) is 28.7 Å². The van der Waals surface area contributed by atoms with E-state index in [0.29, 0.717) is 39.9 Å². The first-order valence-corrected chi connectivity index (χ1v) is 22.8. The van der Waals surface area contributed by atoms with Crippen molar-refractivity contribution < 1.29 is 18.3 Å². The number of aryl methyl sites for hydroxylation is 1. The summed E-state index contributed by atoms with van der Waals surface area (Å²) in [6.07, 6.45) is 0. The van der Waals surface area contributed by atoms with Crippen molar-refractivity contribution in [1.29, 1.82) is 0 Å². The molecule has 2 aliphatic rings. The molecular weight excluding hydrogens is 669 g/mol. The highest BCUT2D eigenvalue weighted by Crippen LogP contribution is 2.52. The van der Waals surface area contributed by atoms with Gasteiger partial charge in [0.2, 0.25) is 0 Å². The average Bonchev–Trinajstić information content (AvgIpc) is 3.43. The average molecular weight is 734 g/mol. The quantitative estimate of drug-likeness (QED) is 0.228. The van der Waals surface area contributed by atoms with Crippen molar-refractivity contribution >= 4 is 32.6 Å². The molecule has 0 saturated carbocycles. The van der Waals surface area contributed by atoms with E-state index in [9.17, 15) is 0 Å². The van der Waals surface area contributed by atoms with Crippen LogP contribution in [0.2, 0.25) is 33.2 Å². The van der Waals surface area contributed by atoms with Crippen LogP contribution in [0.1, 0.15) is 127 Å². The van der Waals surface area contributed by atoms with Gasteiger partial charge in [0.05, 0.1) is 17.7 Å². The van der Waals surface area contributed by atoms with Gasteiger partial charge in [-0.15, -0.1) is 0 Å². The highest BCUT2D eigenvalue weighted by atomic mass is 79.9. The van der Waals surface area contributed by atoms with Crippen molar-refractivity contribution in [3.05, 3.63) is 45.4 Å². The molecule has 2 aliphatic heterocycles. The Bertz CT molecular complexity index is 1210. The third kappa shape index (κ3) is 6.99. The minimum absolute atomic E-state index is 0.0144. The summed E-state index contributed by atoms with van der Waals surface area (Å²) in [5.41, 5.74) is 7.12. The maximum absolute atomic E-state index is 6.98. The molecule has 0 aromatic heterocycles. The van der Waals surface area contributed by atoms with Gasteiger partial charge in [-0.3, -0.25) is 0 Å². The van der Waals surface area contributed by atoms with Gasteiger partial charge in [-0.05, 0) is 79.9 Å². The Balaban J connectivity index is 0.000000250. The summed E-state index contributed by atoms with van der Waals surface area (Å²) in [5.74, 6) is 4.11. The zero-order chi connectivity index (χ0) is 35.2. The fourth-order valence-corrected chi connectivity index (χ4v) is 19.7. The predicted octanol–water partition coefficient (Wildman–Crippen LogP) is 12.9. The maximum Gasteiger partial charge on any atom is 0.258 e. The van der Waals surface area contributed by atoms with Gasteiger partial charge in [0.1, 0.15) is 23.0 Å². The van der Waals surface area contributed by atoms with E-state index in [2.05, 4.69) is 158 Å². The Kier molecular flexibility index (Phi) is 12.0. The van der Waals surface area contributed by atoms with Gasteiger partial charge in [0.15, 0.2) is 0 Å². The Morgan fingerprint density at radius 3 is 1.26 bits per heavy atom. The standard InChI is InChI=1S/C20H34O2Si.C19H31BrO2Si/c1-13(2)23(14(3)4,15(5)6)22-17-11-10-16(7)19-18(17)20(8,9)12-21-19;1-12(2)23(13(3)4,14(5)6)22-16-10-9-15(20)18-17(16)19(7,8)11-21-18/h10-11,13-15H,12H2,1-9H3;9-10,12-14H,11H2,1-8H3. The lowest BCUT2D eigenvalue weighted by molar-refractivity contribution is 0.289. The summed E-state index contributed by atoms with van der Waals surface area (Å²) in [6, 6.07) is 8.53. The van der Waals surface area contributed by atoms with E-state index in [1.54, 1.807) is 0 Å². The number of benzene rings is 2. The molecule has 0 saturated heterocycles. The molecular formula is C39H65BrO4Si2. The molecule has 0 amide bonds. The van der Waals surface area contributed by atoms with E-state index in [-0.39, 0.29) is 10.8 Å². The highest BCUT2D eigenvalue weighted by Gasteiger charge is 2.50. The Labute approximate surface area is 293 Å². The normalized spacial score (nSPS) is 16.9. The lowest BCUT2D eigenvalue weighted by atomic mass is 9.85.